The normalized spacial score (nSPS) is 15.9. The second kappa shape index (κ2) is 7.20. The number of nitrogens with one attached hydrogen (secondary N) is 1. The number of ether oxygens (including phenoxy) is 2. The van der Waals surface area contributed by atoms with E-state index in [4.69, 9.17) is 9.47 Å². The summed E-state index contributed by atoms with van der Waals surface area (Å²) in [5, 5.41) is 7.22. The van der Waals surface area contributed by atoms with Crippen LogP contribution in [-0.4, -0.2) is 22.8 Å². The first-order chi connectivity index (χ1) is 13.1. The first-order valence-corrected chi connectivity index (χ1v) is 8.52. The van der Waals surface area contributed by atoms with Gasteiger partial charge in [-0.2, -0.15) is 5.10 Å². The molecule has 0 bridgehead atoms. The van der Waals surface area contributed by atoms with Crippen LogP contribution in [-0.2, 0) is 17.9 Å². The molecule has 1 aromatic heterocycles. The van der Waals surface area contributed by atoms with Crippen molar-refractivity contribution in [3.8, 4) is 5.75 Å². The van der Waals surface area contributed by atoms with E-state index in [1.165, 1.54) is 12.1 Å². The number of carbonyl (C=O) groups excluding carboxylic acids is 1. The van der Waals surface area contributed by atoms with Crippen molar-refractivity contribution in [1.82, 2.24) is 9.78 Å². The zero-order chi connectivity index (χ0) is 18.8. The smallest absolute Gasteiger partial charge is 0.276 e. The molecule has 1 atom stereocenters. The highest BCUT2D eigenvalue weighted by molar-refractivity contribution is 6.03. The van der Waals surface area contributed by atoms with Crippen molar-refractivity contribution in [3.05, 3.63) is 77.4 Å². The topological polar surface area (TPSA) is 65.4 Å². The molecule has 1 aliphatic rings. The van der Waals surface area contributed by atoms with Crippen molar-refractivity contribution < 1.29 is 18.7 Å². The van der Waals surface area contributed by atoms with Gasteiger partial charge in [0.15, 0.2) is 5.69 Å². The van der Waals surface area contributed by atoms with Crippen LogP contribution < -0.4 is 10.1 Å². The molecule has 0 aliphatic carbocycles. The standard InChI is InChI=1S/C20H18FN3O3/c1-26-18-5-3-2-4-16(18)22-20(25)17-10-15-12-27-19(11-24(15)23-17)13-6-8-14(21)9-7-13/h2-10,19H,11-12H2,1H3,(H,22,25). The maximum Gasteiger partial charge on any atom is 0.276 e. The number of halogens is 1. The second-order valence-electron chi connectivity index (χ2n) is 6.21. The number of amides is 1. The fourth-order valence-electron chi connectivity index (χ4n) is 3.05. The number of methoxy groups -OCH3 is 1. The molecule has 1 aliphatic heterocycles. The Balaban J connectivity index is 1.51. The molecule has 1 amide bonds. The van der Waals surface area contributed by atoms with Crippen LogP contribution in [0.15, 0.2) is 54.6 Å². The lowest BCUT2D eigenvalue weighted by Gasteiger charge is -2.24. The highest BCUT2D eigenvalue weighted by Gasteiger charge is 2.24. The Morgan fingerprint density at radius 3 is 2.81 bits per heavy atom. The predicted molar refractivity (Wildman–Crippen MR) is 97.1 cm³/mol. The summed E-state index contributed by atoms with van der Waals surface area (Å²) in [5.41, 5.74) is 2.58. The van der Waals surface area contributed by atoms with Crippen molar-refractivity contribution in [1.29, 1.82) is 0 Å². The fourth-order valence-corrected chi connectivity index (χ4v) is 3.05. The number of anilines is 1. The zero-order valence-corrected chi connectivity index (χ0v) is 14.7. The third kappa shape index (κ3) is 3.54. The number of hydrogen-bond acceptors (Lipinski definition) is 4. The lowest BCUT2D eigenvalue weighted by atomic mass is 10.1. The van der Waals surface area contributed by atoms with Crippen LogP contribution in [0, 0.1) is 5.82 Å². The zero-order valence-electron chi connectivity index (χ0n) is 14.7. The summed E-state index contributed by atoms with van der Waals surface area (Å²) < 4.78 is 26.0. The Bertz CT molecular complexity index is 969. The molecule has 6 nitrogen and oxygen atoms in total. The van der Waals surface area contributed by atoms with E-state index in [9.17, 15) is 9.18 Å². The quantitative estimate of drug-likeness (QED) is 0.766. The van der Waals surface area contributed by atoms with Crippen LogP contribution in [0.4, 0.5) is 10.1 Å². The third-order valence-corrected chi connectivity index (χ3v) is 4.46. The van der Waals surface area contributed by atoms with Crippen molar-refractivity contribution in [2.45, 2.75) is 19.3 Å². The molecule has 0 fully saturated rings. The second-order valence-corrected chi connectivity index (χ2v) is 6.21. The Labute approximate surface area is 155 Å². The molecule has 1 unspecified atom stereocenters. The van der Waals surface area contributed by atoms with Gasteiger partial charge in [0, 0.05) is 0 Å². The fraction of sp³-hybridized carbons (Fsp3) is 0.200. The lowest BCUT2D eigenvalue weighted by Crippen LogP contribution is -2.22. The molecule has 138 valence electrons. The minimum absolute atomic E-state index is 0.233. The van der Waals surface area contributed by atoms with Crippen molar-refractivity contribution >= 4 is 11.6 Å². The average molecular weight is 367 g/mol. The van der Waals surface area contributed by atoms with Gasteiger partial charge in [-0.05, 0) is 35.9 Å². The Hall–Kier alpha value is -3.19. The van der Waals surface area contributed by atoms with Gasteiger partial charge in [-0.15, -0.1) is 0 Å². The van der Waals surface area contributed by atoms with E-state index in [-0.39, 0.29) is 17.8 Å². The van der Waals surface area contributed by atoms with Crippen LogP contribution in [0.25, 0.3) is 0 Å². The summed E-state index contributed by atoms with van der Waals surface area (Å²) in [6.07, 6.45) is -0.233. The number of rotatable bonds is 4. The molecule has 4 rings (SSSR count). The lowest BCUT2D eigenvalue weighted by molar-refractivity contribution is -0.00122. The summed E-state index contributed by atoms with van der Waals surface area (Å²) in [5.74, 6) is -0.0288. The molecule has 0 saturated carbocycles. The molecule has 0 radical (unpaired) electrons. The van der Waals surface area contributed by atoms with Crippen molar-refractivity contribution in [2.75, 3.05) is 12.4 Å². The van der Waals surface area contributed by atoms with E-state index in [1.54, 1.807) is 42.1 Å². The summed E-state index contributed by atoms with van der Waals surface area (Å²) in [6.45, 7) is 0.792. The van der Waals surface area contributed by atoms with Gasteiger partial charge in [-0.1, -0.05) is 24.3 Å². The number of benzene rings is 2. The largest absolute Gasteiger partial charge is 0.495 e. The summed E-state index contributed by atoms with van der Waals surface area (Å²) in [4.78, 5) is 12.6. The highest BCUT2D eigenvalue weighted by atomic mass is 19.1. The number of hydrogen-bond donors (Lipinski definition) is 1. The molecule has 0 saturated heterocycles. The van der Waals surface area contributed by atoms with E-state index in [1.807, 2.05) is 12.1 Å². The SMILES string of the molecule is COc1ccccc1NC(=O)c1cc2n(n1)CC(c1ccc(F)cc1)OC2. The van der Waals surface area contributed by atoms with Gasteiger partial charge in [0.1, 0.15) is 17.7 Å². The Kier molecular flexibility index (Phi) is 4.60. The first-order valence-electron chi connectivity index (χ1n) is 8.52. The molecular weight excluding hydrogens is 349 g/mol. The van der Waals surface area contributed by atoms with E-state index in [0.29, 0.717) is 30.3 Å². The van der Waals surface area contributed by atoms with Gasteiger partial charge >= 0.3 is 0 Å². The molecule has 7 heteroatoms. The molecule has 2 aromatic carbocycles. The Morgan fingerprint density at radius 2 is 2.04 bits per heavy atom. The predicted octanol–water partition coefficient (Wildman–Crippen LogP) is 3.55. The van der Waals surface area contributed by atoms with Gasteiger partial charge in [0.05, 0.1) is 31.6 Å². The maximum atomic E-state index is 13.1. The van der Waals surface area contributed by atoms with Gasteiger partial charge in [0.25, 0.3) is 5.91 Å². The molecule has 3 aromatic rings. The number of para-hydroxylation sites is 2. The molecule has 1 N–H and O–H groups in total. The van der Waals surface area contributed by atoms with Crippen LogP contribution in [0.2, 0.25) is 0 Å². The van der Waals surface area contributed by atoms with Crippen molar-refractivity contribution in [2.24, 2.45) is 0 Å². The number of nitrogens with zero attached hydrogens (tertiary/aromatic N) is 2. The average Bonchev–Trinajstić information content (AvgIpc) is 3.12. The van der Waals surface area contributed by atoms with Crippen LogP contribution in [0.5, 0.6) is 5.75 Å². The first kappa shape index (κ1) is 17.2. The summed E-state index contributed by atoms with van der Waals surface area (Å²) >= 11 is 0. The number of carbonyl (C=O) groups is 1. The monoisotopic (exact) mass is 367 g/mol. The van der Waals surface area contributed by atoms with E-state index in [0.717, 1.165) is 11.3 Å². The third-order valence-electron chi connectivity index (χ3n) is 4.46. The maximum absolute atomic E-state index is 13.1. The van der Waals surface area contributed by atoms with Gasteiger partial charge in [-0.3, -0.25) is 9.48 Å². The summed E-state index contributed by atoms with van der Waals surface area (Å²) in [7, 11) is 1.55. The van der Waals surface area contributed by atoms with Crippen LogP contribution in [0.1, 0.15) is 27.8 Å². The number of aromatic nitrogens is 2. The Morgan fingerprint density at radius 1 is 1.26 bits per heavy atom. The van der Waals surface area contributed by atoms with Gasteiger partial charge in [-0.25, -0.2) is 4.39 Å². The van der Waals surface area contributed by atoms with E-state index >= 15 is 0 Å². The van der Waals surface area contributed by atoms with E-state index in [2.05, 4.69) is 10.4 Å². The van der Waals surface area contributed by atoms with E-state index < -0.39 is 0 Å². The minimum atomic E-state index is -0.320. The molecule has 27 heavy (non-hydrogen) atoms. The summed E-state index contributed by atoms with van der Waals surface area (Å²) in [6, 6.07) is 15.1. The number of fused-ring (bicyclic) bond motifs is 1. The minimum Gasteiger partial charge on any atom is -0.495 e. The molecule has 2 heterocycles. The highest BCUT2D eigenvalue weighted by Crippen LogP contribution is 2.27. The molecule has 0 spiro atoms. The van der Waals surface area contributed by atoms with Crippen LogP contribution in [0.3, 0.4) is 0 Å². The van der Waals surface area contributed by atoms with Crippen molar-refractivity contribution in [3.63, 3.8) is 0 Å². The molecular formula is C20H18FN3O3. The van der Waals surface area contributed by atoms with Crippen LogP contribution >= 0.6 is 0 Å². The van der Waals surface area contributed by atoms with Gasteiger partial charge in [0.2, 0.25) is 0 Å². The van der Waals surface area contributed by atoms with Gasteiger partial charge < -0.3 is 14.8 Å².